The largest absolute Gasteiger partial charge is 0.484 e. The molecule has 1 amide bonds. The fraction of sp³-hybridized carbons (Fsp3) is 0.562. The molecule has 122 valence electrons. The molecule has 1 aliphatic rings. The Morgan fingerprint density at radius 3 is 2.82 bits per heavy atom. The van der Waals surface area contributed by atoms with Crippen LogP contribution in [0.3, 0.4) is 0 Å². The van der Waals surface area contributed by atoms with Crippen molar-refractivity contribution in [3.8, 4) is 5.75 Å². The highest BCUT2D eigenvalue weighted by atomic mass is 32.2. The highest BCUT2D eigenvalue weighted by Crippen LogP contribution is 2.19. The van der Waals surface area contributed by atoms with Crippen LogP contribution in [0.2, 0.25) is 0 Å². The highest BCUT2D eigenvalue weighted by molar-refractivity contribution is 7.90. The van der Waals surface area contributed by atoms with Crippen LogP contribution in [-0.4, -0.2) is 45.2 Å². The molecule has 22 heavy (non-hydrogen) atoms. The molecule has 1 aromatic rings. The number of carbonyl (C=O) groups is 1. The molecule has 1 heterocycles. The number of ether oxygens (including phenoxy) is 1. The molecule has 6 heteroatoms. The summed E-state index contributed by atoms with van der Waals surface area (Å²) in [6, 6.07) is 6.24. The number of likely N-dealkylation sites (tertiary alicyclic amines) is 1. The first-order valence-corrected chi connectivity index (χ1v) is 9.46. The van der Waals surface area contributed by atoms with Crippen LogP contribution in [0.4, 0.5) is 0 Å². The zero-order valence-corrected chi connectivity index (χ0v) is 13.9. The van der Waals surface area contributed by atoms with Crippen LogP contribution >= 0.6 is 0 Å². The molecule has 0 aromatic heterocycles. The maximum Gasteiger partial charge on any atom is 0.260 e. The molecule has 0 N–H and O–H groups in total. The van der Waals surface area contributed by atoms with Crippen LogP contribution in [0, 0.1) is 5.92 Å². The maximum absolute atomic E-state index is 12.2. The Bertz CT molecular complexity index is 627. The number of carbonyl (C=O) groups excluding carboxylic acids is 1. The van der Waals surface area contributed by atoms with E-state index in [9.17, 15) is 13.2 Å². The van der Waals surface area contributed by atoms with E-state index in [2.05, 4.69) is 6.92 Å². The van der Waals surface area contributed by atoms with Crippen LogP contribution in [0.25, 0.3) is 0 Å². The van der Waals surface area contributed by atoms with Crippen LogP contribution < -0.4 is 4.74 Å². The summed E-state index contributed by atoms with van der Waals surface area (Å²) in [6.07, 6.45) is 4.35. The van der Waals surface area contributed by atoms with Gasteiger partial charge in [-0.1, -0.05) is 13.0 Å². The Morgan fingerprint density at radius 2 is 2.09 bits per heavy atom. The van der Waals surface area contributed by atoms with Crippen LogP contribution in [0.1, 0.15) is 26.2 Å². The lowest BCUT2D eigenvalue weighted by molar-refractivity contribution is -0.133. The topological polar surface area (TPSA) is 63.7 Å². The normalized spacial score (nSPS) is 19.5. The summed E-state index contributed by atoms with van der Waals surface area (Å²) in [5.74, 6) is 1.02. The lowest BCUT2D eigenvalue weighted by Crippen LogP contribution is -2.35. The summed E-state index contributed by atoms with van der Waals surface area (Å²) in [4.78, 5) is 14.2. The first-order chi connectivity index (χ1) is 10.4. The van der Waals surface area contributed by atoms with E-state index in [1.54, 1.807) is 12.1 Å². The smallest absolute Gasteiger partial charge is 0.260 e. The number of amides is 1. The van der Waals surface area contributed by atoms with Gasteiger partial charge in [0.15, 0.2) is 16.4 Å². The number of hydrogen-bond donors (Lipinski definition) is 0. The molecule has 1 aliphatic heterocycles. The number of hydrogen-bond acceptors (Lipinski definition) is 4. The quantitative estimate of drug-likeness (QED) is 0.850. The van der Waals surface area contributed by atoms with Gasteiger partial charge in [-0.05, 0) is 43.4 Å². The minimum absolute atomic E-state index is 0.0427. The molecular weight excluding hydrogens is 302 g/mol. The van der Waals surface area contributed by atoms with Gasteiger partial charge in [0.25, 0.3) is 5.91 Å². The molecule has 5 nitrogen and oxygen atoms in total. The van der Waals surface area contributed by atoms with Gasteiger partial charge >= 0.3 is 0 Å². The third-order valence-corrected chi connectivity index (χ3v) is 5.08. The monoisotopic (exact) mass is 325 g/mol. The van der Waals surface area contributed by atoms with E-state index in [0.29, 0.717) is 11.7 Å². The molecule has 0 saturated carbocycles. The number of sulfone groups is 1. The van der Waals surface area contributed by atoms with Crippen molar-refractivity contribution in [3.63, 3.8) is 0 Å². The average molecular weight is 325 g/mol. The number of benzene rings is 1. The summed E-state index contributed by atoms with van der Waals surface area (Å²) in [6.45, 7) is 3.70. The Balaban J connectivity index is 1.93. The molecule has 1 fully saturated rings. The van der Waals surface area contributed by atoms with E-state index in [0.717, 1.165) is 38.6 Å². The van der Waals surface area contributed by atoms with Gasteiger partial charge in [-0.2, -0.15) is 0 Å². The van der Waals surface area contributed by atoms with E-state index < -0.39 is 9.84 Å². The van der Waals surface area contributed by atoms with Gasteiger partial charge < -0.3 is 9.64 Å². The fourth-order valence-corrected chi connectivity index (χ4v) is 3.20. The Morgan fingerprint density at radius 1 is 1.32 bits per heavy atom. The second-order valence-electron chi connectivity index (χ2n) is 5.95. The van der Waals surface area contributed by atoms with Crippen LogP contribution in [0.5, 0.6) is 5.75 Å². The molecule has 1 saturated heterocycles. The minimum Gasteiger partial charge on any atom is -0.484 e. The first-order valence-electron chi connectivity index (χ1n) is 7.57. The third kappa shape index (κ3) is 4.73. The standard InChI is InChI=1S/C16H23NO4S/c1-13-5-4-9-17(10-8-13)16(18)12-21-14-6-3-7-15(11-14)22(2,19)20/h3,6-7,11,13H,4-5,8-10,12H2,1-2H3/t13-/m1/s1. The van der Waals surface area contributed by atoms with Crippen molar-refractivity contribution >= 4 is 15.7 Å². The Labute approximate surface area is 132 Å². The van der Waals surface area contributed by atoms with Gasteiger partial charge in [-0.25, -0.2) is 8.42 Å². The van der Waals surface area contributed by atoms with Crippen molar-refractivity contribution in [2.75, 3.05) is 26.0 Å². The predicted molar refractivity (Wildman–Crippen MR) is 84.6 cm³/mol. The van der Waals surface area contributed by atoms with E-state index in [1.807, 2.05) is 4.90 Å². The molecular formula is C16H23NO4S. The van der Waals surface area contributed by atoms with E-state index in [1.165, 1.54) is 12.1 Å². The summed E-state index contributed by atoms with van der Waals surface area (Å²) in [5, 5.41) is 0. The highest BCUT2D eigenvalue weighted by Gasteiger charge is 2.19. The van der Waals surface area contributed by atoms with E-state index >= 15 is 0 Å². The van der Waals surface area contributed by atoms with Gasteiger partial charge in [0, 0.05) is 19.3 Å². The van der Waals surface area contributed by atoms with Crippen molar-refractivity contribution in [2.45, 2.75) is 31.1 Å². The third-order valence-electron chi connectivity index (χ3n) is 3.97. The Kier molecular flexibility index (Phi) is 5.45. The fourth-order valence-electron chi connectivity index (χ4n) is 2.54. The first kappa shape index (κ1) is 16.8. The van der Waals surface area contributed by atoms with Gasteiger partial charge in [0.2, 0.25) is 0 Å². The molecule has 1 aromatic carbocycles. The van der Waals surface area contributed by atoms with Crippen molar-refractivity contribution in [3.05, 3.63) is 24.3 Å². The molecule has 0 unspecified atom stereocenters. The summed E-state index contributed by atoms with van der Waals surface area (Å²) < 4.78 is 28.5. The number of nitrogens with zero attached hydrogens (tertiary/aromatic N) is 1. The van der Waals surface area contributed by atoms with Crippen molar-refractivity contribution in [1.82, 2.24) is 4.90 Å². The molecule has 2 rings (SSSR count). The Hall–Kier alpha value is -1.56. The zero-order chi connectivity index (χ0) is 16.2. The van der Waals surface area contributed by atoms with E-state index in [-0.39, 0.29) is 17.4 Å². The predicted octanol–water partition coefficient (Wildman–Crippen LogP) is 2.12. The summed E-state index contributed by atoms with van der Waals surface area (Å²) >= 11 is 0. The SMILES string of the molecule is C[C@@H]1CCCN(C(=O)COc2cccc(S(C)(=O)=O)c2)CC1. The average Bonchev–Trinajstić information content (AvgIpc) is 2.69. The molecule has 0 bridgehead atoms. The minimum atomic E-state index is -3.27. The lowest BCUT2D eigenvalue weighted by Gasteiger charge is -2.20. The van der Waals surface area contributed by atoms with E-state index in [4.69, 9.17) is 4.74 Å². The van der Waals surface area contributed by atoms with Crippen LogP contribution in [-0.2, 0) is 14.6 Å². The van der Waals surface area contributed by atoms with Crippen LogP contribution in [0.15, 0.2) is 29.2 Å². The van der Waals surface area contributed by atoms with Gasteiger partial charge in [0.1, 0.15) is 5.75 Å². The molecule has 1 atom stereocenters. The van der Waals surface area contributed by atoms with Gasteiger partial charge in [0.05, 0.1) is 4.90 Å². The second kappa shape index (κ2) is 7.13. The van der Waals surface area contributed by atoms with Gasteiger partial charge in [-0.15, -0.1) is 0 Å². The molecule has 0 spiro atoms. The lowest BCUT2D eigenvalue weighted by atomic mass is 10.0. The number of rotatable bonds is 4. The zero-order valence-electron chi connectivity index (χ0n) is 13.1. The van der Waals surface area contributed by atoms with Gasteiger partial charge in [-0.3, -0.25) is 4.79 Å². The second-order valence-corrected chi connectivity index (χ2v) is 7.97. The molecule has 0 radical (unpaired) electrons. The van der Waals surface area contributed by atoms with Crippen molar-refractivity contribution in [2.24, 2.45) is 5.92 Å². The summed E-state index contributed by atoms with van der Waals surface area (Å²) in [5.41, 5.74) is 0. The summed E-state index contributed by atoms with van der Waals surface area (Å²) in [7, 11) is -3.27. The van der Waals surface area contributed by atoms with Crippen molar-refractivity contribution < 1.29 is 17.9 Å². The van der Waals surface area contributed by atoms with Crippen molar-refractivity contribution in [1.29, 1.82) is 0 Å². The maximum atomic E-state index is 12.2. The molecule has 0 aliphatic carbocycles.